The molecule has 1 aliphatic carbocycles. The van der Waals surface area contributed by atoms with Crippen molar-refractivity contribution in [3.63, 3.8) is 0 Å². The lowest BCUT2D eigenvalue weighted by Crippen LogP contribution is -2.06. The molecule has 1 aliphatic rings. The highest BCUT2D eigenvalue weighted by Gasteiger charge is 2.11. The molecule has 1 aromatic rings. The van der Waals surface area contributed by atoms with Crippen molar-refractivity contribution < 1.29 is 9.84 Å². The molecule has 0 aliphatic heterocycles. The van der Waals surface area contributed by atoms with Gasteiger partial charge in [0.2, 0.25) is 0 Å². The van der Waals surface area contributed by atoms with Crippen LogP contribution in [-0.4, -0.2) is 17.5 Å². The van der Waals surface area contributed by atoms with E-state index in [-0.39, 0.29) is 5.75 Å². The van der Waals surface area contributed by atoms with Crippen LogP contribution in [0, 0.1) is 0 Å². The maximum atomic E-state index is 9.55. The molecule has 18 heavy (non-hydrogen) atoms. The predicted molar refractivity (Wildman–Crippen MR) is 78.2 cm³/mol. The number of benzene rings is 1. The smallest absolute Gasteiger partial charge is 0.123 e. The van der Waals surface area contributed by atoms with Crippen LogP contribution >= 0.6 is 11.8 Å². The Hall–Kier alpha value is -1.09. The first kappa shape index (κ1) is 13.3. The molecule has 1 N–H and O–H groups in total. The van der Waals surface area contributed by atoms with Gasteiger partial charge < -0.3 is 9.84 Å². The van der Waals surface area contributed by atoms with E-state index < -0.39 is 0 Å². The monoisotopic (exact) mass is 264 g/mol. The molecule has 3 heteroatoms. The number of thioether (sulfide) groups is 1. The summed E-state index contributed by atoms with van der Waals surface area (Å²) >= 11 is 1.91. The summed E-state index contributed by atoms with van der Waals surface area (Å²) in [6.45, 7) is 0. The molecule has 98 valence electrons. The van der Waals surface area contributed by atoms with Crippen molar-refractivity contribution in [2.75, 3.05) is 7.11 Å². The summed E-state index contributed by atoms with van der Waals surface area (Å²) in [5.41, 5.74) is 0.982. The van der Waals surface area contributed by atoms with Crippen LogP contribution in [-0.2, 0) is 0 Å². The third-order valence-corrected chi connectivity index (χ3v) is 4.38. The van der Waals surface area contributed by atoms with Gasteiger partial charge in [0.25, 0.3) is 0 Å². The summed E-state index contributed by atoms with van der Waals surface area (Å²) in [7, 11) is 1.61. The molecule has 0 bridgehead atoms. The quantitative estimate of drug-likeness (QED) is 0.872. The highest BCUT2D eigenvalue weighted by molar-refractivity contribution is 8.02. The number of hydrogen-bond acceptors (Lipinski definition) is 3. The third kappa shape index (κ3) is 3.98. The van der Waals surface area contributed by atoms with Crippen molar-refractivity contribution in [3.05, 3.63) is 29.2 Å². The molecule has 0 aromatic heterocycles. The summed E-state index contributed by atoms with van der Waals surface area (Å²) in [6, 6.07) is 5.30. The Morgan fingerprint density at radius 1 is 1.22 bits per heavy atom. The predicted octanol–water partition coefficient (Wildman–Crippen LogP) is 4.44. The molecule has 1 aromatic carbocycles. The maximum Gasteiger partial charge on any atom is 0.123 e. The van der Waals surface area contributed by atoms with Crippen molar-refractivity contribution in [3.8, 4) is 11.5 Å². The van der Waals surface area contributed by atoms with Crippen LogP contribution in [0.2, 0.25) is 0 Å². The number of ether oxygens (including phenoxy) is 1. The Kier molecular flexibility index (Phi) is 5.00. The largest absolute Gasteiger partial charge is 0.508 e. The highest BCUT2D eigenvalue weighted by Crippen LogP contribution is 2.30. The summed E-state index contributed by atoms with van der Waals surface area (Å²) in [5.74, 6) is 0.939. The molecule has 2 rings (SSSR count). The number of aromatic hydroxyl groups is 1. The van der Waals surface area contributed by atoms with Gasteiger partial charge in [-0.25, -0.2) is 0 Å². The second-order valence-electron chi connectivity index (χ2n) is 4.66. The van der Waals surface area contributed by atoms with E-state index in [1.54, 1.807) is 19.2 Å². The molecule has 1 saturated carbocycles. The molecule has 2 nitrogen and oxygen atoms in total. The lowest BCUT2D eigenvalue weighted by Gasteiger charge is -2.19. The third-order valence-electron chi connectivity index (χ3n) is 3.23. The van der Waals surface area contributed by atoms with Gasteiger partial charge in [0, 0.05) is 11.3 Å². The number of hydrogen-bond donors (Lipinski definition) is 1. The number of phenols is 1. The second-order valence-corrected chi connectivity index (χ2v) is 5.87. The molecule has 0 radical (unpaired) electrons. The highest BCUT2D eigenvalue weighted by atomic mass is 32.2. The molecule has 0 saturated heterocycles. The van der Waals surface area contributed by atoms with E-state index in [0.29, 0.717) is 5.75 Å². The van der Waals surface area contributed by atoms with Crippen molar-refractivity contribution in [2.24, 2.45) is 0 Å². The average molecular weight is 264 g/mol. The molecule has 1 fully saturated rings. The van der Waals surface area contributed by atoms with Crippen molar-refractivity contribution in [1.29, 1.82) is 0 Å². The summed E-state index contributed by atoms with van der Waals surface area (Å²) in [6.07, 6.45) is 8.83. The van der Waals surface area contributed by atoms with Gasteiger partial charge in [-0.3, -0.25) is 0 Å². The van der Waals surface area contributed by atoms with Crippen molar-refractivity contribution >= 4 is 17.8 Å². The summed E-state index contributed by atoms with van der Waals surface area (Å²) in [4.78, 5) is 0. The minimum atomic E-state index is 0.247. The van der Waals surface area contributed by atoms with Gasteiger partial charge in [0.1, 0.15) is 11.5 Å². The lowest BCUT2D eigenvalue weighted by atomic mass is 10.0. The molecule has 0 spiro atoms. The Morgan fingerprint density at radius 2 is 2.00 bits per heavy atom. The van der Waals surface area contributed by atoms with Gasteiger partial charge in [-0.2, -0.15) is 0 Å². The zero-order valence-electron chi connectivity index (χ0n) is 10.8. The van der Waals surface area contributed by atoms with E-state index in [9.17, 15) is 5.11 Å². The van der Waals surface area contributed by atoms with E-state index in [1.807, 2.05) is 23.9 Å². The Balaban J connectivity index is 1.93. The standard InChI is InChI=1S/C15H20O2S/c1-17-14-10-12(9-13(16)11-14)7-8-18-15-5-3-2-4-6-15/h7-11,15-16H,2-6H2,1H3. The van der Waals surface area contributed by atoms with E-state index in [0.717, 1.165) is 10.8 Å². The second kappa shape index (κ2) is 6.74. The maximum absolute atomic E-state index is 9.55. The van der Waals surface area contributed by atoms with Crippen LogP contribution in [0.1, 0.15) is 37.7 Å². The van der Waals surface area contributed by atoms with E-state index in [4.69, 9.17) is 4.74 Å². The van der Waals surface area contributed by atoms with E-state index >= 15 is 0 Å². The van der Waals surface area contributed by atoms with Crippen LogP contribution < -0.4 is 4.74 Å². The van der Waals surface area contributed by atoms with Crippen LogP contribution in [0.15, 0.2) is 23.6 Å². The minimum Gasteiger partial charge on any atom is -0.508 e. The van der Waals surface area contributed by atoms with Crippen molar-refractivity contribution in [2.45, 2.75) is 37.4 Å². The lowest BCUT2D eigenvalue weighted by molar-refractivity contribution is 0.407. The van der Waals surface area contributed by atoms with Gasteiger partial charge >= 0.3 is 0 Å². The fourth-order valence-corrected chi connectivity index (χ4v) is 3.31. The SMILES string of the molecule is COc1cc(O)cc(C=CSC2CCCCC2)c1. The molecule has 0 heterocycles. The summed E-state index contributed by atoms with van der Waals surface area (Å²) < 4.78 is 5.13. The van der Waals surface area contributed by atoms with Gasteiger partial charge in [-0.15, -0.1) is 11.8 Å². The topological polar surface area (TPSA) is 29.5 Å². The molecule has 0 unspecified atom stereocenters. The molecule has 0 atom stereocenters. The van der Waals surface area contributed by atoms with Crippen LogP contribution in [0.25, 0.3) is 6.08 Å². The molecule has 0 amide bonds. The van der Waals surface area contributed by atoms with Crippen LogP contribution in [0.3, 0.4) is 0 Å². The van der Waals surface area contributed by atoms with Crippen LogP contribution in [0.4, 0.5) is 0 Å². The summed E-state index contributed by atoms with van der Waals surface area (Å²) in [5, 5.41) is 12.5. The van der Waals surface area contributed by atoms with Gasteiger partial charge in [0.05, 0.1) is 7.11 Å². The number of phenolic OH excluding ortho intramolecular Hbond substituents is 1. The fraction of sp³-hybridized carbons (Fsp3) is 0.467. The normalized spacial score (nSPS) is 17.2. The zero-order chi connectivity index (χ0) is 12.8. The van der Waals surface area contributed by atoms with Gasteiger partial charge in [-0.1, -0.05) is 19.3 Å². The zero-order valence-corrected chi connectivity index (χ0v) is 11.6. The van der Waals surface area contributed by atoms with E-state index in [2.05, 4.69) is 5.41 Å². The number of methoxy groups -OCH3 is 1. The Morgan fingerprint density at radius 3 is 2.72 bits per heavy atom. The van der Waals surface area contributed by atoms with Gasteiger partial charge in [0.15, 0.2) is 0 Å². The first-order chi connectivity index (χ1) is 8.78. The van der Waals surface area contributed by atoms with Crippen molar-refractivity contribution in [1.82, 2.24) is 0 Å². The Labute approximate surface area is 113 Å². The van der Waals surface area contributed by atoms with Gasteiger partial charge in [-0.05, 0) is 42.0 Å². The molecular formula is C15H20O2S. The minimum absolute atomic E-state index is 0.247. The first-order valence-electron chi connectivity index (χ1n) is 6.48. The Bertz CT molecular complexity index is 409. The van der Waals surface area contributed by atoms with Crippen LogP contribution in [0.5, 0.6) is 11.5 Å². The first-order valence-corrected chi connectivity index (χ1v) is 7.42. The number of rotatable bonds is 4. The average Bonchev–Trinajstić information content (AvgIpc) is 2.39. The fourth-order valence-electron chi connectivity index (χ4n) is 2.25. The van der Waals surface area contributed by atoms with E-state index in [1.165, 1.54) is 32.1 Å². The molecular weight excluding hydrogens is 244 g/mol.